The number of rotatable bonds is 0. The van der Waals surface area contributed by atoms with Gasteiger partial charge in [0.1, 0.15) is 0 Å². The van der Waals surface area contributed by atoms with Crippen molar-refractivity contribution in [3.05, 3.63) is 0 Å². The lowest BCUT2D eigenvalue weighted by molar-refractivity contribution is -0.290. The van der Waals surface area contributed by atoms with Crippen LogP contribution in [0.1, 0.15) is 6.92 Å². The summed E-state index contributed by atoms with van der Waals surface area (Å²) >= 11 is 0. The van der Waals surface area contributed by atoms with Crippen molar-refractivity contribution in [1.29, 1.82) is 0 Å². The molecule has 1 nitrogen and oxygen atoms in total. The highest BCUT2D eigenvalue weighted by Gasteiger charge is 2.65. The van der Waals surface area contributed by atoms with Crippen LogP contribution in [-0.2, 0) is 0 Å². The van der Waals surface area contributed by atoms with Crippen LogP contribution >= 0.6 is 0 Å². The van der Waals surface area contributed by atoms with Crippen LogP contribution in [0, 0.1) is 0 Å². The first kappa shape index (κ1) is 10.5. The van der Waals surface area contributed by atoms with Gasteiger partial charge in [-0.3, -0.25) is 0 Å². The molecule has 0 saturated carbocycles. The molecule has 0 bridgehead atoms. The number of alkyl halides is 6. The maximum absolute atomic E-state index is 11.5. The van der Waals surface area contributed by atoms with Crippen LogP contribution in [0.2, 0.25) is 0 Å². The lowest BCUT2D eigenvalue weighted by Gasteiger charge is -2.29. The zero-order chi connectivity index (χ0) is 9.50. The zero-order valence-corrected chi connectivity index (χ0v) is 5.35. The van der Waals surface area contributed by atoms with Crippen molar-refractivity contribution in [3.8, 4) is 0 Å². The Morgan fingerprint density at radius 1 is 0.818 bits per heavy atom. The minimum atomic E-state index is -5.47. The molecule has 0 saturated heterocycles. The molecule has 68 valence electrons. The Balaban J connectivity index is 4.75. The van der Waals surface area contributed by atoms with Crippen molar-refractivity contribution in [1.82, 2.24) is 0 Å². The molecule has 7 heteroatoms. The van der Waals surface area contributed by atoms with Gasteiger partial charge in [-0.15, -0.1) is 0 Å². The van der Waals surface area contributed by atoms with E-state index in [1.807, 2.05) is 0 Å². The second-order valence-corrected chi connectivity index (χ2v) is 2.20. The van der Waals surface area contributed by atoms with Gasteiger partial charge in [-0.05, 0) is 6.92 Å². The minimum Gasteiger partial charge on any atom is -0.310 e. The van der Waals surface area contributed by atoms with Crippen LogP contribution in [0.25, 0.3) is 0 Å². The second kappa shape index (κ2) is 2.26. The molecule has 0 atom stereocenters. The summed E-state index contributed by atoms with van der Waals surface area (Å²) in [6.45, 7) is -0.118. The van der Waals surface area contributed by atoms with Crippen LogP contribution in [-0.4, -0.2) is 17.9 Å². The molecule has 0 aromatic carbocycles. The number of hydrogen-bond donors (Lipinski definition) is 1. The van der Waals surface area contributed by atoms with Gasteiger partial charge in [0.2, 0.25) is 5.54 Å². The molecule has 0 rings (SSSR count). The molecule has 0 fully saturated rings. The predicted octanol–water partition coefficient (Wildman–Crippen LogP) is 1.83. The third kappa shape index (κ3) is 1.76. The average Bonchev–Trinajstić information content (AvgIpc) is 1.58. The number of halogens is 6. The van der Waals surface area contributed by atoms with E-state index in [1.165, 1.54) is 0 Å². The molecule has 0 heterocycles. The number of hydrogen-bond acceptors (Lipinski definition) is 1. The summed E-state index contributed by atoms with van der Waals surface area (Å²) in [6.07, 6.45) is -10.9. The van der Waals surface area contributed by atoms with E-state index in [-0.39, 0.29) is 6.92 Å². The van der Waals surface area contributed by atoms with Crippen molar-refractivity contribution in [2.45, 2.75) is 24.8 Å². The molecule has 0 aromatic heterocycles. The van der Waals surface area contributed by atoms with Gasteiger partial charge in [0.25, 0.3) is 0 Å². The minimum absolute atomic E-state index is 0.118. The van der Waals surface area contributed by atoms with E-state index >= 15 is 0 Å². The fourth-order valence-electron chi connectivity index (χ4n) is 0.161. The quantitative estimate of drug-likeness (QED) is 0.567. The summed E-state index contributed by atoms with van der Waals surface area (Å²) < 4.78 is 68.9. The van der Waals surface area contributed by atoms with Gasteiger partial charge < -0.3 is 5.73 Å². The molecule has 2 N–H and O–H groups in total. The Morgan fingerprint density at radius 2 is 1.00 bits per heavy atom. The maximum atomic E-state index is 11.5. The fraction of sp³-hybridized carbons (Fsp3) is 1.00. The van der Waals surface area contributed by atoms with E-state index in [0.29, 0.717) is 0 Å². The van der Waals surface area contributed by atoms with Gasteiger partial charge in [-0.25, -0.2) is 0 Å². The van der Waals surface area contributed by atoms with Gasteiger partial charge in [0.15, 0.2) is 0 Å². The monoisotopic (exact) mass is 181 g/mol. The van der Waals surface area contributed by atoms with Crippen molar-refractivity contribution >= 4 is 0 Å². The van der Waals surface area contributed by atoms with Crippen LogP contribution in [0.3, 0.4) is 0 Å². The van der Waals surface area contributed by atoms with Gasteiger partial charge in [-0.1, -0.05) is 0 Å². The topological polar surface area (TPSA) is 26.0 Å². The summed E-state index contributed by atoms with van der Waals surface area (Å²) in [6, 6.07) is 0. The SMILES string of the molecule is CC(N)(C(F)(F)F)C(F)(F)F. The van der Waals surface area contributed by atoms with E-state index in [9.17, 15) is 26.3 Å². The van der Waals surface area contributed by atoms with E-state index in [1.54, 1.807) is 0 Å². The third-order valence-corrected chi connectivity index (χ3v) is 1.18. The Labute approximate surface area is 58.2 Å². The van der Waals surface area contributed by atoms with E-state index in [4.69, 9.17) is 0 Å². The molecular weight excluding hydrogens is 176 g/mol. The lowest BCUT2D eigenvalue weighted by atomic mass is 10.0. The molecule has 0 radical (unpaired) electrons. The maximum Gasteiger partial charge on any atom is 0.414 e. The van der Waals surface area contributed by atoms with E-state index in [2.05, 4.69) is 5.73 Å². The normalized spacial score (nSPS) is 15.3. The van der Waals surface area contributed by atoms with Crippen LogP contribution in [0.5, 0.6) is 0 Å². The molecule has 11 heavy (non-hydrogen) atoms. The molecule has 0 aliphatic rings. The van der Waals surface area contributed by atoms with Gasteiger partial charge in [-0.2, -0.15) is 26.3 Å². The van der Waals surface area contributed by atoms with Gasteiger partial charge >= 0.3 is 12.4 Å². The summed E-state index contributed by atoms with van der Waals surface area (Å²) in [7, 11) is 0. The lowest BCUT2D eigenvalue weighted by Crippen LogP contribution is -2.61. The van der Waals surface area contributed by atoms with Crippen molar-refractivity contribution in [3.63, 3.8) is 0 Å². The Bertz CT molecular complexity index is 126. The van der Waals surface area contributed by atoms with Gasteiger partial charge in [0, 0.05) is 0 Å². The Kier molecular flexibility index (Phi) is 2.17. The highest BCUT2D eigenvalue weighted by Crippen LogP contribution is 2.40. The average molecular weight is 181 g/mol. The number of nitrogens with two attached hydrogens (primary N) is 1. The van der Waals surface area contributed by atoms with Crippen molar-refractivity contribution in [2.75, 3.05) is 0 Å². The molecule has 0 aromatic rings. The van der Waals surface area contributed by atoms with E-state index < -0.39 is 17.9 Å². The first-order valence-corrected chi connectivity index (χ1v) is 2.42. The Morgan fingerprint density at radius 3 is 1.00 bits per heavy atom. The molecule has 0 unspecified atom stereocenters. The summed E-state index contributed by atoms with van der Waals surface area (Å²) in [4.78, 5) is 0. The molecular formula is C4H5F6N. The first-order chi connectivity index (χ1) is 4.50. The van der Waals surface area contributed by atoms with Crippen molar-refractivity contribution in [2.24, 2.45) is 5.73 Å². The van der Waals surface area contributed by atoms with Gasteiger partial charge in [0.05, 0.1) is 0 Å². The molecule has 0 amide bonds. The highest BCUT2D eigenvalue weighted by atomic mass is 19.4. The summed E-state index contributed by atoms with van der Waals surface area (Å²) in [5.74, 6) is 0. The van der Waals surface area contributed by atoms with Crippen LogP contribution < -0.4 is 5.73 Å². The summed E-state index contributed by atoms with van der Waals surface area (Å²) in [5, 5.41) is 0. The Hall–Kier alpha value is -0.460. The highest BCUT2D eigenvalue weighted by molar-refractivity contribution is 4.93. The standard InChI is InChI=1S/C4H5F6N/c1-2(11,3(5,6)7)4(8,9)10/h11H2,1H3. The first-order valence-electron chi connectivity index (χ1n) is 2.42. The molecule has 0 aliphatic heterocycles. The molecule has 0 spiro atoms. The second-order valence-electron chi connectivity index (χ2n) is 2.20. The molecule has 0 aliphatic carbocycles. The predicted molar refractivity (Wildman–Crippen MR) is 24.7 cm³/mol. The summed E-state index contributed by atoms with van der Waals surface area (Å²) in [5.41, 5.74) is -0.104. The third-order valence-electron chi connectivity index (χ3n) is 1.18. The van der Waals surface area contributed by atoms with Crippen LogP contribution in [0.15, 0.2) is 0 Å². The van der Waals surface area contributed by atoms with Crippen LogP contribution in [0.4, 0.5) is 26.3 Å². The smallest absolute Gasteiger partial charge is 0.310 e. The fourth-order valence-corrected chi connectivity index (χ4v) is 0.161. The largest absolute Gasteiger partial charge is 0.414 e. The van der Waals surface area contributed by atoms with Crippen molar-refractivity contribution < 1.29 is 26.3 Å². The zero-order valence-electron chi connectivity index (χ0n) is 5.35. The van der Waals surface area contributed by atoms with E-state index in [0.717, 1.165) is 0 Å².